The van der Waals surface area contributed by atoms with Gasteiger partial charge in [0.1, 0.15) is 0 Å². The average molecular weight is 197 g/mol. The van der Waals surface area contributed by atoms with Crippen LogP contribution in [0, 0.1) is 0 Å². The molecule has 0 atom stereocenters. The molecule has 0 aliphatic carbocycles. The second-order valence-electron chi connectivity index (χ2n) is 3.16. The van der Waals surface area contributed by atoms with Crippen LogP contribution in [-0.4, -0.2) is 4.98 Å². The van der Waals surface area contributed by atoms with Gasteiger partial charge in [0.2, 0.25) is 0 Å². The molecule has 1 nitrogen and oxygen atoms in total. The standard InChI is InChI=1S/C14H15N/c1-4-12(3)14(5-2)7-6-13-8-10-15-11-9-13/h4-11H,1-2H2,3H3/b7-6+,14-12+. The second kappa shape index (κ2) is 5.76. The van der Waals surface area contributed by atoms with E-state index in [4.69, 9.17) is 0 Å². The van der Waals surface area contributed by atoms with Crippen LogP contribution in [0.25, 0.3) is 6.08 Å². The van der Waals surface area contributed by atoms with Crippen LogP contribution in [-0.2, 0) is 0 Å². The maximum Gasteiger partial charge on any atom is 0.0273 e. The number of pyridine rings is 1. The molecule has 0 bridgehead atoms. The first-order valence-electron chi connectivity index (χ1n) is 4.81. The fraction of sp³-hybridized carbons (Fsp3) is 0.0714. The number of nitrogens with zero attached hydrogens (tertiary/aromatic N) is 1. The van der Waals surface area contributed by atoms with E-state index in [1.54, 1.807) is 12.4 Å². The number of allylic oxidation sites excluding steroid dienone is 5. The van der Waals surface area contributed by atoms with Crippen LogP contribution in [0.1, 0.15) is 12.5 Å². The molecule has 1 aromatic rings. The Bertz CT molecular complexity index is 397. The molecular formula is C14H15N. The van der Waals surface area contributed by atoms with E-state index in [0.29, 0.717) is 0 Å². The van der Waals surface area contributed by atoms with E-state index in [2.05, 4.69) is 18.1 Å². The van der Waals surface area contributed by atoms with Crippen LogP contribution in [0.5, 0.6) is 0 Å². The first kappa shape index (κ1) is 11.2. The first-order valence-corrected chi connectivity index (χ1v) is 4.81. The monoisotopic (exact) mass is 197 g/mol. The molecule has 0 aromatic carbocycles. The fourth-order valence-electron chi connectivity index (χ4n) is 1.14. The summed E-state index contributed by atoms with van der Waals surface area (Å²) in [6, 6.07) is 3.92. The molecule has 1 rings (SSSR count). The van der Waals surface area contributed by atoms with E-state index in [-0.39, 0.29) is 0 Å². The van der Waals surface area contributed by atoms with Gasteiger partial charge in [0.25, 0.3) is 0 Å². The molecule has 0 radical (unpaired) electrons. The molecule has 1 heteroatoms. The summed E-state index contributed by atoms with van der Waals surface area (Å²) in [4.78, 5) is 3.96. The quantitative estimate of drug-likeness (QED) is 0.669. The van der Waals surface area contributed by atoms with Gasteiger partial charge in [-0.2, -0.15) is 0 Å². The van der Waals surface area contributed by atoms with Gasteiger partial charge < -0.3 is 0 Å². The molecule has 0 N–H and O–H groups in total. The van der Waals surface area contributed by atoms with Crippen molar-refractivity contribution in [1.29, 1.82) is 0 Å². The molecule has 0 aliphatic rings. The summed E-state index contributed by atoms with van der Waals surface area (Å²) in [5.74, 6) is 0. The second-order valence-corrected chi connectivity index (χ2v) is 3.16. The molecule has 0 fully saturated rings. The third-order valence-electron chi connectivity index (χ3n) is 2.14. The third kappa shape index (κ3) is 3.39. The van der Waals surface area contributed by atoms with Crippen LogP contribution in [0.2, 0.25) is 0 Å². The van der Waals surface area contributed by atoms with Gasteiger partial charge in [-0.15, -0.1) is 0 Å². The van der Waals surface area contributed by atoms with Gasteiger partial charge in [0, 0.05) is 12.4 Å². The highest BCUT2D eigenvalue weighted by Crippen LogP contribution is 2.10. The van der Waals surface area contributed by atoms with Crippen molar-refractivity contribution in [2.45, 2.75) is 6.92 Å². The van der Waals surface area contributed by atoms with Crippen molar-refractivity contribution in [1.82, 2.24) is 4.98 Å². The van der Waals surface area contributed by atoms with E-state index in [0.717, 1.165) is 16.7 Å². The summed E-state index contributed by atoms with van der Waals surface area (Å²) in [5.41, 5.74) is 3.33. The molecule has 0 spiro atoms. The largest absolute Gasteiger partial charge is 0.265 e. The minimum absolute atomic E-state index is 1.09. The molecule has 0 amide bonds. The van der Waals surface area contributed by atoms with Crippen LogP contribution in [0.15, 0.2) is 67.1 Å². The molecule has 0 saturated carbocycles. The molecule has 0 aliphatic heterocycles. The van der Waals surface area contributed by atoms with E-state index in [1.165, 1.54) is 0 Å². The Morgan fingerprint density at radius 2 is 1.87 bits per heavy atom. The van der Waals surface area contributed by atoms with Crippen molar-refractivity contribution in [2.75, 3.05) is 0 Å². The van der Waals surface area contributed by atoms with Crippen LogP contribution < -0.4 is 0 Å². The normalized spacial score (nSPS) is 12.3. The number of aromatic nitrogens is 1. The molecule has 1 heterocycles. The Labute approximate surface area is 91.2 Å². The van der Waals surface area contributed by atoms with Gasteiger partial charge in [0.15, 0.2) is 0 Å². The lowest BCUT2D eigenvalue weighted by molar-refractivity contribution is 1.32. The summed E-state index contributed by atoms with van der Waals surface area (Å²) >= 11 is 0. The van der Waals surface area contributed by atoms with Crippen molar-refractivity contribution < 1.29 is 0 Å². The maximum atomic E-state index is 3.96. The summed E-state index contributed by atoms with van der Waals surface area (Å²) in [5, 5.41) is 0. The molecule has 76 valence electrons. The minimum Gasteiger partial charge on any atom is -0.265 e. The summed E-state index contributed by atoms with van der Waals surface area (Å²) in [7, 11) is 0. The topological polar surface area (TPSA) is 12.9 Å². The third-order valence-corrected chi connectivity index (χ3v) is 2.14. The Balaban J connectivity index is 2.90. The number of hydrogen-bond donors (Lipinski definition) is 0. The highest BCUT2D eigenvalue weighted by Gasteiger charge is 1.90. The van der Waals surface area contributed by atoms with Crippen molar-refractivity contribution in [3.8, 4) is 0 Å². The summed E-state index contributed by atoms with van der Waals surface area (Å²) in [6.45, 7) is 9.52. The minimum atomic E-state index is 1.09. The van der Waals surface area contributed by atoms with Crippen LogP contribution in [0.3, 0.4) is 0 Å². The van der Waals surface area contributed by atoms with Crippen LogP contribution in [0.4, 0.5) is 0 Å². The lowest BCUT2D eigenvalue weighted by Gasteiger charge is -1.97. The van der Waals surface area contributed by atoms with E-state index in [1.807, 2.05) is 43.4 Å². The molecular weight excluding hydrogens is 182 g/mol. The SMILES string of the molecule is C=C/C(C)=C(C=C)/C=C/c1ccncc1. The Morgan fingerprint density at radius 3 is 2.40 bits per heavy atom. The van der Waals surface area contributed by atoms with Gasteiger partial charge in [-0.05, 0) is 35.8 Å². The van der Waals surface area contributed by atoms with Gasteiger partial charge in [-0.25, -0.2) is 0 Å². The Kier molecular flexibility index (Phi) is 4.30. The highest BCUT2D eigenvalue weighted by molar-refractivity contribution is 5.55. The van der Waals surface area contributed by atoms with Gasteiger partial charge >= 0.3 is 0 Å². The lowest BCUT2D eigenvalue weighted by atomic mass is 10.1. The smallest absolute Gasteiger partial charge is 0.0273 e. The zero-order chi connectivity index (χ0) is 11.1. The average Bonchev–Trinajstić information content (AvgIpc) is 2.31. The van der Waals surface area contributed by atoms with Gasteiger partial charge in [-0.1, -0.05) is 37.5 Å². The van der Waals surface area contributed by atoms with Crippen LogP contribution >= 0.6 is 0 Å². The van der Waals surface area contributed by atoms with Gasteiger partial charge in [0.05, 0.1) is 0 Å². The molecule has 0 saturated heterocycles. The predicted molar refractivity (Wildman–Crippen MR) is 66.4 cm³/mol. The number of hydrogen-bond acceptors (Lipinski definition) is 1. The predicted octanol–water partition coefficient (Wildman–Crippen LogP) is 3.78. The first-order chi connectivity index (χ1) is 7.27. The van der Waals surface area contributed by atoms with Crippen molar-refractivity contribution in [3.05, 3.63) is 72.6 Å². The maximum absolute atomic E-state index is 3.96. The molecule has 0 unspecified atom stereocenters. The fourth-order valence-corrected chi connectivity index (χ4v) is 1.14. The highest BCUT2D eigenvalue weighted by atomic mass is 14.6. The van der Waals surface area contributed by atoms with Gasteiger partial charge in [-0.3, -0.25) is 4.98 Å². The van der Waals surface area contributed by atoms with E-state index < -0.39 is 0 Å². The zero-order valence-electron chi connectivity index (χ0n) is 8.98. The zero-order valence-corrected chi connectivity index (χ0v) is 8.98. The Hall–Kier alpha value is -1.89. The Morgan fingerprint density at radius 1 is 1.20 bits per heavy atom. The van der Waals surface area contributed by atoms with E-state index in [9.17, 15) is 0 Å². The van der Waals surface area contributed by atoms with Crippen molar-refractivity contribution >= 4 is 6.08 Å². The van der Waals surface area contributed by atoms with Crippen molar-refractivity contribution in [2.24, 2.45) is 0 Å². The lowest BCUT2D eigenvalue weighted by Crippen LogP contribution is -1.78. The number of rotatable bonds is 4. The van der Waals surface area contributed by atoms with E-state index >= 15 is 0 Å². The summed E-state index contributed by atoms with van der Waals surface area (Å²) in [6.07, 6.45) is 11.3. The molecule has 15 heavy (non-hydrogen) atoms. The summed E-state index contributed by atoms with van der Waals surface area (Å²) < 4.78 is 0. The van der Waals surface area contributed by atoms with Crippen molar-refractivity contribution in [3.63, 3.8) is 0 Å². The molecule has 1 aromatic heterocycles.